The summed E-state index contributed by atoms with van der Waals surface area (Å²) in [6, 6.07) is 5.28. The van der Waals surface area contributed by atoms with Crippen LogP contribution in [0.25, 0.3) is 11.3 Å². The van der Waals surface area contributed by atoms with Crippen LogP contribution in [0.3, 0.4) is 0 Å². The molecule has 4 N–H and O–H groups in total. The van der Waals surface area contributed by atoms with Crippen LogP contribution in [0.4, 0.5) is 5.69 Å². The Labute approximate surface area is 127 Å². The Hall–Kier alpha value is -2.92. The molecule has 2 aromatic rings. The molecule has 114 valence electrons. The highest BCUT2D eigenvalue weighted by molar-refractivity contribution is 5.97. The number of rotatable bonds is 5. The first-order valence-corrected chi connectivity index (χ1v) is 6.68. The van der Waals surface area contributed by atoms with E-state index >= 15 is 0 Å². The molecule has 0 spiro atoms. The second kappa shape index (κ2) is 6.69. The van der Waals surface area contributed by atoms with Crippen LogP contribution in [0.2, 0.25) is 0 Å². The van der Waals surface area contributed by atoms with E-state index in [9.17, 15) is 10.1 Å². The van der Waals surface area contributed by atoms with E-state index in [-0.39, 0.29) is 18.0 Å². The number of nitrogens with zero attached hydrogens (tertiary/aromatic N) is 4. The number of hydrogen-bond donors (Lipinski definition) is 3. The van der Waals surface area contributed by atoms with Gasteiger partial charge in [-0.2, -0.15) is 10.4 Å². The number of aryl methyl sites for hydroxylation is 1. The fourth-order valence-electron chi connectivity index (χ4n) is 2.00. The minimum Gasteiger partial charge on any atom is -0.397 e. The van der Waals surface area contributed by atoms with E-state index in [2.05, 4.69) is 21.5 Å². The molecule has 2 heterocycles. The zero-order valence-electron chi connectivity index (χ0n) is 12.1. The molecule has 0 aliphatic carbocycles. The molecule has 0 atom stereocenters. The molecule has 0 aliphatic heterocycles. The first-order valence-electron chi connectivity index (χ1n) is 6.68. The number of carbonyl (C=O) groups is 1. The van der Waals surface area contributed by atoms with Gasteiger partial charge < -0.3 is 16.2 Å². The quantitative estimate of drug-likeness (QED) is 0.720. The van der Waals surface area contributed by atoms with Crippen molar-refractivity contribution in [3.05, 3.63) is 29.7 Å². The van der Waals surface area contributed by atoms with E-state index in [1.807, 2.05) is 0 Å². The van der Waals surface area contributed by atoms with Crippen LogP contribution in [0.5, 0.6) is 0 Å². The molecular weight excluding hydrogens is 284 g/mol. The average Bonchev–Trinajstić information content (AvgIpc) is 2.95. The predicted octanol–water partition coefficient (Wildman–Crippen LogP) is 0.141. The second-order valence-corrected chi connectivity index (χ2v) is 4.53. The number of aliphatic hydroxyl groups excluding tert-OH is 1. The van der Waals surface area contributed by atoms with Gasteiger partial charge in [0.2, 0.25) is 0 Å². The average molecular weight is 300 g/mol. The summed E-state index contributed by atoms with van der Waals surface area (Å²) in [6.07, 6.45) is 2.01. The fraction of sp³-hybridized carbons (Fsp3) is 0.286. The number of anilines is 1. The summed E-state index contributed by atoms with van der Waals surface area (Å²) >= 11 is 0. The molecule has 8 nitrogen and oxygen atoms in total. The summed E-state index contributed by atoms with van der Waals surface area (Å²) in [6.45, 7) is 0.442. The van der Waals surface area contributed by atoms with Crippen LogP contribution in [0.1, 0.15) is 22.6 Å². The van der Waals surface area contributed by atoms with Crippen molar-refractivity contribution in [2.24, 2.45) is 0 Å². The van der Waals surface area contributed by atoms with Gasteiger partial charge in [-0.1, -0.05) is 0 Å². The first-order chi connectivity index (χ1) is 10.6. The van der Waals surface area contributed by atoms with Crippen molar-refractivity contribution < 1.29 is 9.90 Å². The summed E-state index contributed by atoms with van der Waals surface area (Å²) in [7, 11) is 1.49. The van der Waals surface area contributed by atoms with Crippen LogP contribution >= 0.6 is 0 Å². The summed E-state index contributed by atoms with van der Waals surface area (Å²) in [5.41, 5.74) is 7.40. The Morgan fingerprint density at radius 1 is 1.55 bits per heavy atom. The van der Waals surface area contributed by atoms with Gasteiger partial charge in [-0.05, 0) is 18.6 Å². The summed E-state index contributed by atoms with van der Waals surface area (Å²) in [5, 5.41) is 24.8. The molecule has 0 fully saturated rings. The minimum absolute atomic E-state index is 0.0149. The van der Waals surface area contributed by atoms with Gasteiger partial charge in [0.05, 0.1) is 23.1 Å². The van der Waals surface area contributed by atoms with Crippen molar-refractivity contribution in [1.82, 2.24) is 20.1 Å². The van der Waals surface area contributed by atoms with Gasteiger partial charge in [0.15, 0.2) is 5.69 Å². The van der Waals surface area contributed by atoms with Gasteiger partial charge in [-0.25, -0.2) is 4.98 Å². The van der Waals surface area contributed by atoms with E-state index in [0.717, 1.165) is 0 Å². The molecule has 0 radical (unpaired) electrons. The maximum absolute atomic E-state index is 11.8. The molecule has 0 aromatic carbocycles. The van der Waals surface area contributed by atoms with E-state index in [0.29, 0.717) is 29.9 Å². The number of aromatic nitrogens is 3. The lowest BCUT2D eigenvalue weighted by molar-refractivity contribution is 0.0959. The van der Waals surface area contributed by atoms with Crippen LogP contribution in [0.15, 0.2) is 18.3 Å². The predicted molar refractivity (Wildman–Crippen MR) is 79.7 cm³/mol. The van der Waals surface area contributed by atoms with Gasteiger partial charge in [0, 0.05) is 20.2 Å². The summed E-state index contributed by atoms with van der Waals surface area (Å²) in [4.78, 5) is 16.0. The van der Waals surface area contributed by atoms with Gasteiger partial charge in [-0.15, -0.1) is 0 Å². The smallest absolute Gasteiger partial charge is 0.271 e. The lowest BCUT2D eigenvalue weighted by Gasteiger charge is -2.06. The van der Waals surface area contributed by atoms with Crippen LogP contribution in [0, 0.1) is 11.3 Å². The van der Waals surface area contributed by atoms with Crippen molar-refractivity contribution in [2.75, 3.05) is 19.4 Å². The maximum Gasteiger partial charge on any atom is 0.271 e. The van der Waals surface area contributed by atoms with Gasteiger partial charge >= 0.3 is 0 Å². The number of aliphatic hydroxyl groups is 1. The number of amides is 1. The first kappa shape index (κ1) is 15.5. The van der Waals surface area contributed by atoms with E-state index < -0.39 is 5.91 Å². The van der Waals surface area contributed by atoms with E-state index in [1.54, 1.807) is 12.1 Å². The van der Waals surface area contributed by atoms with Crippen molar-refractivity contribution in [3.8, 4) is 17.3 Å². The van der Waals surface area contributed by atoms with E-state index in [4.69, 9.17) is 10.8 Å². The standard InChI is InChI=1S/C14H16N6O2/c1-17-14(22)13-10(16)3-4-11(19-13)9-8-18-20(5-2-6-21)12(9)7-15/h3-4,8,21H,2,5-6,16H2,1H3,(H,17,22). The Balaban J connectivity index is 2.46. The van der Waals surface area contributed by atoms with Crippen molar-refractivity contribution in [3.63, 3.8) is 0 Å². The SMILES string of the molecule is CNC(=O)c1nc(-c2cnn(CCCO)c2C#N)ccc1N. The normalized spacial score (nSPS) is 10.2. The van der Waals surface area contributed by atoms with Crippen LogP contribution < -0.4 is 11.1 Å². The highest BCUT2D eigenvalue weighted by Crippen LogP contribution is 2.23. The van der Waals surface area contributed by atoms with Crippen molar-refractivity contribution in [1.29, 1.82) is 5.26 Å². The van der Waals surface area contributed by atoms with Gasteiger partial charge in [-0.3, -0.25) is 9.48 Å². The molecule has 22 heavy (non-hydrogen) atoms. The van der Waals surface area contributed by atoms with Crippen molar-refractivity contribution in [2.45, 2.75) is 13.0 Å². The molecule has 2 rings (SSSR count). The number of nitriles is 1. The summed E-state index contributed by atoms with van der Waals surface area (Å²) < 4.78 is 1.50. The maximum atomic E-state index is 11.8. The lowest BCUT2D eigenvalue weighted by Crippen LogP contribution is -2.21. The van der Waals surface area contributed by atoms with Crippen molar-refractivity contribution >= 4 is 11.6 Å². The monoisotopic (exact) mass is 300 g/mol. The molecule has 1 amide bonds. The van der Waals surface area contributed by atoms with E-state index in [1.165, 1.54) is 17.9 Å². The Morgan fingerprint density at radius 2 is 2.32 bits per heavy atom. The highest BCUT2D eigenvalue weighted by Gasteiger charge is 2.17. The molecule has 0 aliphatic rings. The zero-order chi connectivity index (χ0) is 16.1. The topological polar surface area (TPSA) is 130 Å². The number of nitrogen functional groups attached to an aromatic ring is 1. The number of pyridine rings is 1. The molecule has 0 saturated heterocycles. The number of nitrogens with one attached hydrogen (secondary N) is 1. The molecule has 2 aromatic heterocycles. The number of nitrogens with two attached hydrogens (primary N) is 1. The Morgan fingerprint density at radius 3 is 2.95 bits per heavy atom. The second-order valence-electron chi connectivity index (χ2n) is 4.53. The number of hydrogen-bond acceptors (Lipinski definition) is 6. The third kappa shape index (κ3) is 2.89. The third-order valence-corrected chi connectivity index (χ3v) is 3.12. The fourth-order valence-corrected chi connectivity index (χ4v) is 2.00. The molecule has 8 heteroatoms. The molecule has 0 unspecified atom stereocenters. The highest BCUT2D eigenvalue weighted by atomic mass is 16.3. The van der Waals surface area contributed by atoms with Crippen LogP contribution in [-0.2, 0) is 6.54 Å². The zero-order valence-corrected chi connectivity index (χ0v) is 12.1. The molecule has 0 bridgehead atoms. The Bertz CT molecular complexity index is 731. The van der Waals surface area contributed by atoms with Gasteiger partial charge in [0.25, 0.3) is 5.91 Å². The molecule has 0 saturated carbocycles. The largest absolute Gasteiger partial charge is 0.397 e. The number of carbonyl (C=O) groups excluding carboxylic acids is 1. The van der Waals surface area contributed by atoms with Crippen LogP contribution in [-0.4, -0.2) is 39.4 Å². The summed E-state index contributed by atoms with van der Waals surface area (Å²) in [5.74, 6) is -0.398. The minimum atomic E-state index is -0.398. The third-order valence-electron chi connectivity index (χ3n) is 3.12. The Kier molecular flexibility index (Phi) is 4.70. The molecular formula is C14H16N6O2. The lowest BCUT2D eigenvalue weighted by atomic mass is 10.1. The van der Waals surface area contributed by atoms with Gasteiger partial charge in [0.1, 0.15) is 11.8 Å².